The normalized spacial score (nSPS) is 12.1. The molecule has 1 rings (SSSR count). The summed E-state index contributed by atoms with van der Waals surface area (Å²) in [5, 5.41) is 8.78. The van der Waals surface area contributed by atoms with E-state index in [-0.39, 0.29) is 4.90 Å². The van der Waals surface area contributed by atoms with Crippen molar-refractivity contribution in [2.24, 2.45) is 0 Å². The maximum absolute atomic E-state index is 12.3. The quantitative estimate of drug-likeness (QED) is 0.892. The number of carboxylic acids is 1. The molecule has 100 valence electrons. The van der Waals surface area contributed by atoms with Crippen LogP contribution in [0.3, 0.4) is 0 Å². The minimum absolute atomic E-state index is 0.0758. The van der Waals surface area contributed by atoms with Gasteiger partial charge in [0.2, 0.25) is 10.0 Å². The summed E-state index contributed by atoms with van der Waals surface area (Å²) >= 11 is 3.19. The first kappa shape index (κ1) is 15.1. The molecule has 0 saturated carbocycles. The van der Waals surface area contributed by atoms with Crippen LogP contribution in [0.4, 0.5) is 0 Å². The number of halogens is 1. The number of hydrogen-bond donors (Lipinski definition) is 1. The monoisotopic (exact) mass is 335 g/mol. The fourth-order valence-corrected chi connectivity index (χ4v) is 3.62. The third kappa shape index (κ3) is 3.54. The Hall–Kier alpha value is -0.920. The summed E-state index contributed by atoms with van der Waals surface area (Å²) in [5.74, 6) is -1.18. The number of nitrogens with zero attached hydrogens (tertiary/aromatic N) is 1. The van der Waals surface area contributed by atoms with Crippen LogP contribution in [0.5, 0.6) is 0 Å². The average Bonchev–Trinajstić information content (AvgIpc) is 2.25. The van der Waals surface area contributed by atoms with Crippen molar-refractivity contribution in [1.82, 2.24) is 4.31 Å². The molecule has 0 saturated heterocycles. The van der Waals surface area contributed by atoms with E-state index in [2.05, 4.69) is 15.9 Å². The van der Waals surface area contributed by atoms with Crippen LogP contribution in [0.2, 0.25) is 0 Å². The molecule has 0 spiro atoms. The van der Waals surface area contributed by atoms with Crippen molar-refractivity contribution in [1.29, 1.82) is 0 Å². The van der Waals surface area contributed by atoms with Crippen LogP contribution in [0.1, 0.15) is 13.8 Å². The number of sulfonamides is 1. The van der Waals surface area contributed by atoms with Crippen molar-refractivity contribution in [2.75, 3.05) is 6.54 Å². The lowest BCUT2D eigenvalue weighted by atomic mass is 10.4. The van der Waals surface area contributed by atoms with E-state index >= 15 is 0 Å². The van der Waals surface area contributed by atoms with Gasteiger partial charge >= 0.3 is 5.97 Å². The Labute approximate surface area is 115 Å². The molecule has 0 aliphatic rings. The number of carboxylic acid groups (broad SMARTS) is 1. The SMILES string of the molecule is CC(C)N(CC(=O)O)S(=O)(=O)c1cccc(Br)c1. The second-order valence-electron chi connectivity index (χ2n) is 4.00. The zero-order valence-electron chi connectivity index (χ0n) is 10.00. The Balaban J connectivity index is 3.21. The molecule has 1 aromatic carbocycles. The highest BCUT2D eigenvalue weighted by Gasteiger charge is 2.28. The van der Waals surface area contributed by atoms with Crippen LogP contribution >= 0.6 is 15.9 Å². The van der Waals surface area contributed by atoms with Crippen LogP contribution in [0.15, 0.2) is 33.6 Å². The summed E-state index contributed by atoms with van der Waals surface area (Å²) < 4.78 is 26.2. The molecule has 0 fully saturated rings. The molecule has 0 atom stereocenters. The summed E-state index contributed by atoms with van der Waals surface area (Å²) in [6.07, 6.45) is 0. The number of carbonyl (C=O) groups is 1. The van der Waals surface area contributed by atoms with E-state index in [1.54, 1.807) is 26.0 Å². The van der Waals surface area contributed by atoms with Crippen molar-refractivity contribution in [2.45, 2.75) is 24.8 Å². The summed E-state index contributed by atoms with van der Waals surface area (Å²) in [6.45, 7) is 2.73. The van der Waals surface area contributed by atoms with Gasteiger partial charge in [0, 0.05) is 10.5 Å². The van der Waals surface area contributed by atoms with Gasteiger partial charge < -0.3 is 5.11 Å². The highest BCUT2D eigenvalue weighted by Crippen LogP contribution is 2.21. The molecule has 0 amide bonds. The van der Waals surface area contributed by atoms with E-state index < -0.39 is 28.6 Å². The van der Waals surface area contributed by atoms with E-state index in [4.69, 9.17) is 5.11 Å². The van der Waals surface area contributed by atoms with Gasteiger partial charge in [-0.2, -0.15) is 4.31 Å². The number of aliphatic carboxylic acids is 1. The van der Waals surface area contributed by atoms with Crippen LogP contribution < -0.4 is 0 Å². The van der Waals surface area contributed by atoms with Crippen LogP contribution in [-0.4, -0.2) is 36.4 Å². The summed E-state index contributed by atoms with van der Waals surface area (Å²) in [4.78, 5) is 10.8. The first-order chi connectivity index (χ1) is 8.25. The van der Waals surface area contributed by atoms with Crippen LogP contribution in [-0.2, 0) is 14.8 Å². The third-order valence-corrected chi connectivity index (χ3v) is 4.78. The molecule has 1 N–H and O–H groups in total. The standard InChI is InChI=1S/C11H14BrNO4S/c1-8(2)13(7-11(14)15)18(16,17)10-5-3-4-9(12)6-10/h3-6,8H,7H2,1-2H3,(H,14,15). The molecule has 18 heavy (non-hydrogen) atoms. The predicted molar refractivity (Wildman–Crippen MR) is 70.8 cm³/mol. The highest BCUT2D eigenvalue weighted by atomic mass is 79.9. The maximum atomic E-state index is 12.3. The summed E-state index contributed by atoms with van der Waals surface area (Å²) in [7, 11) is -3.80. The molecule has 0 unspecified atom stereocenters. The van der Waals surface area contributed by atoms with Gasteiger partial charge in [-0.05, 0) is 32.0 Å². The maximum Gasteiger partial charge on any atom is 0.318 e. The van der Waals surface area contributed by atoms with E-state index in [9.17, 15) is 13.2 Å². The largest absolute Gasteiger partial charge is 0.480 e. The van der Waals surface area contributed by atoms with Crippen molar-refractivity contribution in [3.63, 3.8) is 0 Å². The topological polar surface area (TPSA) is 74.7 Å². The zero-order chi connectivity index (χ0) is 13.9. The average molecular weight is 336 g/mol. The molecule has 7 heteroatoms. The molecule has 0 aromatic heterocycles. The predicted octanol–water partition coefficient (Wildman–Crippen LogP) is 1.93. The van der Waals surface area contributed by atoms with Crippen LogP contribution in [0, 0.1) is 0 Å². The molecule has 5 nitrogen and oxygen atoms in total. The Morgan fingerprint density at radius 2 is 2.06 bits per heavy atom. The van der Waals surface area contributed by atoms with Crippen molar-refractivity contribution >= 4 is 31.9 Å². The first-order valence-electron chi connectivity index (χ1n) is 5.24. The highest BCUT2D eigenvalue weighted by molar-refractivity contribution is 9.10. The Morgan fingerprint density at radius 3 is 2.50 bits per heavy atom. The fourth-order valence-electron chi connectivity index (χ4n) is 1.44. The van der Waals surface area contributed by atoms with E-state index in [0.29, 0.717) is 4.47 Å². The Bertz CT molecular complexity index is 542. The zero-order valence-corrected chi connectivity index (χ0v) is 12.4. The Kier molecular flexibility index (Phi) is 4.89. The second-order valence-corrected chi connectivity index (χ2v) is 6.80. The van der Waals surface area contributed by atoms with E-state index in [1.165, 1.54) is 12.1 Å². The van der Waals surface area contributed by atoms with Gasteiger partial charge in [-0.3, -0.25) is 4.79 Å². The van der Waals surface area contributed by atoms with Gasteiger partial charge in [-0.25, -0.2) is 8.42 Å². The van der Waals surface area contributed by atoms with Gasteiger partial charge in [-0.15, -0.1) is 0 Å². The van der Waals surface area contributed by atoms with Crippen molar-refractivity contribution < 1.29 is 18.3 Å². The van der Waals surface area contributed by atoms with Gasteiger partial charge in [0.1, 0.15) is 6.54 Å². The third-order valence-electron chi connectivity index (χ3n) is 2.27. The second kappa shape index (κ2) is 5.81. The van der Waals surface area contributed by atoms with Gasteiger partial charge in [0.25, 0.3) is 0 Å². The molecule has 0 aliphatic heterocycles. The fraction of sp³-hybridized carbons (Fsp3) is 0.364. The van der Waals surface area contributed by atoms with Gasteiger partial charge in [-0.1, -0.05) is 22.0 Å². The molecular weight excluding hydrogens is 322 g/mol. The number of rotatable bonds is 5. The van der Waals surface area contributed by atoms with E-state index in [0.717, 1.165) is 4.31 Å². The van der Waals surface area contributed by atoms with Crippen LogP contribution in [0.25, 0.3) is 0 Å². The number of benzene rings is 1. The molecule has 0 bridgehead atoms. The molecule has 0 heterocycles. The minimum atomic E-state index is -3.80. The molecular formula is C11H14BrNO4S. The lowest BCUT2D eigenvalue weighted by Gasteiger charge is -2.24. The van der Waals surface area contributed by atoms with Gasteiger partial charge in [0.05, 0.1) is 4.90 Å². The van der Waals surface area contributed by atoms with E-state index in [1.807, 2.05) is 0 Å². The first-order valence-corrected chi connectivity index (χ1v) is 7.47. The molecule has 1 aromatic rings. The minimum Gasteiger partial charge on any atom is -0.480 e. The molecule has 0 radical (unpaired) electrons. The summed E-state index contributed by atoms with van der Waals surface area (Å²) in [6, 6.07) is 5.76. The Morgan fingerprint density at radius 1 is 1.44 bits per heavy atom. The lowest BCUT2D eigenvalue weighted by molar-refractivity contribution is -0.137. The van der Waals surface area contributed by atoms with Crippen molar-refractivity contribution in [3.05, 3.63) is 28.7 Å². The van der Waals surface area contributed by atoms with Gasteiger partial charge in [0.15, 0.2) is 0 Å². The summed E-state index contributed by atoms with van der Waals surface area (Å²) in [5.41, 5.74) is 0. The molecule has 0 aliphatic carbocycles. The number of hydrogen-bond acceptors (Lipinski definition) is 3. The van der Waals surface area contributed by atoms with Crippen molar-refractivity contribution in [3.8, 4) is 0 Å². The lowest BCUT2D eigenvalue weighted by Crippen LogP contribution is -2.40. The smallest absolute Gasteiger partial charge is 0.318 e.